The molecule has 2 N–H and O–H groups in total. The molecule has 8 heteroatoms. The highest BCUT2D eigenvalue weighted by atomic mass is 32.2. The monoisotopic (exact) mass is 316 g/mol. The van der Waals surface area contributed by atoms with Crippen LogP contribution >= 0.6 is 0 Å². The highest BCUT2D eigenvalue weighted by Crippen LogP contribution is 2.27. The fourth-order valence-electron chi connectivity index (χ4n) is 2.45. The van der Waals surface area contributed by atoms with E-state index in [2.05, 4.69) is 22.4 Å². The van der Waals surface area contributed by atoms with Crippen LogP contribution in [0.2, 0.25) is 0 Å². The van der Waals surface area contributed by atoms with E-state index in [1.165, 1.54) is 4.31 Å². The molecule has 0 saturated carbocycles. The summed E-state index contributed by atoms with van der Waals surface area (Å²) in [6.45, 7) is 8.30. The lowest BCUT2D eigenvalue weighted by Crippen LogP contribution is -2.55. The highest BCUT2D eigenvalue weighted by Gasteiger charge is 2.41. The molecule has 2 heterocycles. The minimum absolute atomic E-state index is 0.182. The molecule has 0 unspecified atom stereocenters. The van der Waals surface area contributed by atoms with Gasteiger partial charge in [0.1, 0.15) is 0 Å². The van der Waals surface area contributed by atoms with Crippen molar-refractivity contribution in [2.24, 2.45) is 0 Å². The maximum Gasteiger partial charge on any atom is 0.260 e. The van der Waals surface area contributed by atoms with E-state index in [1.54, 1.807) is 6.20 Å². The molecular formula is C13H24N4O3S. The molecule has 1 aromatic rings. The van der Waals surface area contributed by atoms with Crippen LogP contribution in [-0.2, 0) is 21.3 Å². The Morgan fingerprint density at radius 3 is 2.95 bits per heavy atom. The van der Waals surface area contributed by atoms with Gasteiger partial charge in [-0.1, -0.05) is 6.92 Å². The molecule has 0 aliphatic carbocycles. The predicted molar refractivity (Wildman–Crippen MR) is 79.4 cm³/mol. The number of aromatic nitrogens is 2. The molecule has 21 heavy (non-hydrogen) atoms. The van der Waals surface area contributed by atoms with Crippen molar-refractivity contribution in [3.8, 4) is 0 Å². The molecule has 0 spiro atoms. The van der Waals surface area contributed by atoms with Gasteiger partial charge < -0.3 is 10.1 Å². The Bertz CT molecular complexity index is 568. The Labute approximate surface area is 126 Å². The average molecular weight is 316 g/mol. The number of hydrogen-bond acceptors (Lipinski definition) is 5. The third-order valence-electron chi connectivity index (χ3n) is 3.54. The molecule has 0 atom stereocenters. The number of ether oxygens (including phenoxy) is 1. The lowest BCUT2D eigenvalue weighted by Gasteiger charge is -2.40. The molecule has 2 rings (SSSR count). The third-order valence-corrected chi connectivity index (χ3v) is 5.66. The normalized spacial score (nSPS) is 19.8. The summed E-state index contributed by atoms with van der Waals surface area (Å²) in [5.41, 5.74) is 0.113. The zero-order valence-electron chi connectivity index (χ0n) is 12.8. The van der Waals surface area contributed by atoms with Gasteiger partial charge in [-0.3, -0.25) is 5.10 Å². The highest BCUT2D eigenvalue weighted by molar-refractivity contribution is 7.89. The van der Waals surface area contributed by atoms with Crippen molar-refractivity contribution in [3.63, 3.8) is 0 Å². The first-order valence-electron chi connectivity index (χ1n) is 7.23. The minimum Gasteiger partial charge on any atom is -0.378 e. The van der Waals surface area contributed by atoms with E-state index in [-0.39, 0.29) is 5.03 Å². The molecule has 1 saturated heterocycles. The lowest BCUT2D eigenvalue weighted by molar-refractivity contribution is -0.00784. The number of rotatable bonds is 6. The van der Waals surface area contributed by atoms with E-state index in [1.807, 2.05) is 13.8 Å². The Hall–Kier alpha value is -0.960. The molecule has 0 aromatic carbocycles. The molecule has 120 valence electrons. The van der Waals surface area contributed by atoms with Gasteiger partial charge in [0.25, 0.3) is 10.0 Å². The number of nitrogens with zero attached hydrogens (tertiary/aromatic N) is 2. The Balaban J connectivity index is 2.25. The van der Waals surface area contributed by atoms with Crippen molar-refractivity contribution in [2.75, 3.05) is 26.3 Å². The molecule has 1 fully saturated rings. The van der Waals surface area contributed by atoms with Gasteiger partial charge in [0.2, 0.25) is 0 Å². The molecular weight excluding hydrogens is 292 g/mol. The predicted octanol–water partition coefficient (Wildman–Crippen LogP) is 0.709. The Morgan fingerprint density at radius 1 is 1.52 bits per heavy atom. The van der Waals surface area contributed by atoms with Gasteiger partial charge in [0, 0.05) is 18.7 Å². The van der Waals surface area contributed by atoms with Crippen LogP contribution < -0.4 is 5.32 Å². The zero-order valence-corrected chi connectivity index (χ0v) is 13.7. The SMILES string of the molecule is CCCNCc1cn[nH]c1S(=O)(=O)N1CCOCC1(C)C. The van der Waals surface area contributed by atoms with Gasteiger partial charge in [0.05, 0.1) is 24.9 Å². The van der Waals surface area contributed by atoms with E-state index in [9.17, 15) is 8.42 Å². The first kappa shape index (κ1) is 16.4. The molecule has 1 aromatic heterocycles. The summed E-state index contributed by atoms with van der Waals surface area (Å²) in [5.74, 6) is 0. The summed E-state index contributed by atoms with van der Waals surface area (Å²) >= 11 is 0. The summed E-state index contributed by atoms with van der Waals surface area (Å²) in [4.78, 5) is 0. The Morgan fingerprint density at radius 2 is 2.29 bits per heavy atom. The molecule has 7 nitrogen and oxygen atoms in total. The van der Waals surface area contributed by atoms with Crippen LogP contribution in [0.1, 0.15) is 32.8 Å². The summed E-state index contributed by atoms with van der Waals surface area (Å²) in [6.07, 6.45) is 2.57. The van der Waals surface area contributed by atoms with E-state index < -0.39 is 15.6 Å². The molecule has 0 bridgehead atoms. The summed E-state index contributed by atoms with van der Waals surface area (Å²) in [5, 5.41) is 9.94. The number of sulfonamides is 1. The molecule has 1 aliphatic rings. The van der Waals surface area contributed by atoms with E-state index in [4.69, 9.17) is 4.74 Å². The van der Waals surface area contributed by atoms with Crippen LogP contribution in [0.3, 0.4) is 0 Å². The summed E-state index contributed by atoms with van der Waals surface area (Å²) in [7, 11) is -3.60. The van der Waals surface area contributed by atoms with Gasteiger partial charge in [-0.15, -0.1) is 0 Å². The van der Waals surface area contributed by atoms with Crippen molar-refractivity contribution in [3.05, 3.63) is 11.8 Å². The quantitative estimate of drug-likeness (QED) is 0.755. The average Bonchev–Trinajstić information content (AvgIpc) is 2.87. The fourth-order valence-corrected chi connectivity index (χ4v) is 4.31. The maximum absolute atomic E-state index is 12.9. The van der Waals surface area contributed by atoms with Gasteiger partial charge >= 0.3 is 0 Å². The van der Waals surface area contributed by atoms with Crippen molar-refractivity contribution in [1.82, 2.24) is 19.8 Å². The molecule has 0 amide bonds. The minimum atomic E-state index is -3.60. The van der Waals surface area contributed by atoms with Gasteiger partial charge in [-0.2, -0.15) is 9.40 Å². The second-order valence-electron chi connectivity index (χ2n) is 5.84. The number of H-pyrrole nitrogens is 1. The maximum atomic E-state index is 12.9. The fraction of sp³-hybridized carbons (Fsp3) is 0.769. The standard InChI is InChI=1S/C13H24N4O3S/c1-4-5-14-8-11-9-15-16-12(11)21(18,19)17-6-7-20-10-13(17,2)3/h9,14H,4-8,10H2,1-3H3,(H,15,16). The second kappa shape index (κ2) is 6.43. The van der Waals surface area contributed by atoms with Crippen molar-refractivity contribution >= 4 is 10.0 Å². The van der Waals surface area contributed by atoms with Crippen LogP contribution in [-0.4, -0.2) is 54.8 Å². The zero-order chi connectivity index (χ0) is 15.5. The molecule has 0 radical (unpaired) electrons. The van der Waals surface area contributed by atoms with Crippen molar-refractivity contribution < 1.29 is 13.2 Å². The van der Waals surface area contributed by atoms with Gasteiger partial charge in [-0.05, 0) is 26.8 Å². The summed E-state index contributed by atoms with van der Waals surface area (Å²) in [6, 6.07) is 0. The topological polar surface area (TPSA) is 87.3 Å². The first-order chi connectivity index (χ1) is 9.89. The van der Waals surface area contributed by atoms with Gasteiger partial charge in [0.15, 0.2) is 5.03 Å². The first-order valence-corrected chi connectivity index (χ1v) is 8.67. The Kier molecular flexibility index (Phi) is 5.03. The summed E-state index contributed by atoms with van der Waals surface area (Å²) < 4.78 is 32.7. The van der Waals surface area contributed by atoms with Gasteiger partial charge in [-0.25, -0.2) is 8.42 Å². The van der Waals surface area contributed by atoms with E-state index >= 15 is 0 Å². The third kappa shape index (κ3) is 3.45. The number of morpholine rings is 1. The number of aromatic amines is 1. The second-order valence-corrected chi connectivity index (χ2v) is 7.64. The van der Waals surface area contributed by atoms with E-state index in [0.29, 0.717) is 31.9 Å². The lowest BCUT2D eigenvalue weighted by atomic mass is 10.1. The van der Waals surface area contributed by atoms with Crippen LogP contribution in [0.5, 0.6) is 0 Å². The van der Waals surface area contributed by atoms with Crippen LogP contribution in [0.25, 0.3) is 0 Å². The van der Waals surface area contributed by atoms with Crippen LogP contribution in [0, 0.1) is 0 Å². The van der Waals surface area contributed by atoms with Crippen molar-refractivity contribution in [2.45, 2.75) is 44.3 Å². The smallest absolute Gasteiger partial charge is 0.260 e. The number of hydrogen-bond donors (Lipinski definition) is 2. The van der Waals surface area contributed by atoms with Crippen LogP contribution in [0.4, 0.5) is 0 Å². The molecule has 1 aliphatic heterocycles. The largest absolute Gasteiger partial charge is 0.378 e. The van der Waals surface area contributed by atoms with Crippen LogP contribution in [0.15, 0.2) is 11.2 Å². The number of nitrogens with one attached hydrogen (secondary N) is 2. The van der Waals surface area contributed by atoms with E-state index in [0.717, 1.165) is 13.0 Å². The van der Waals surface area contributed by atoms with Crippen molar-refractivity contribution in [1.29, 1.82) is 0 Å².